The smallest absolute Gasteiger partial charge is 0.193 e. The third kappa shape index (κ3) is 5.15. The lowest BCUT2D eigenvalue weighted by atomic mass is 10.2. The van der Waals surface area contributed by atoms with Gasteiger partial charge in [0.05, 0.1) is 0 Å². The van der Waals surface area contributed by atoms with Gasteiger partial charge in [-0.3, -0.25) is 9.98 Å². The molecule has 0 radical (unpaired) electrons. The monoisotopic (exact) mass is 360 g/mol. The van der Waals surface area contributed by atoms with Crippen LogP contribution in [0.3, 0.4) is 0 Å². The average molecular weight is 361 g/mol. The van der Waals surface area contributed by atoms with Crippen LogP contribution in [0.25, 0.3) is 0 Å². The van der Waals surface area contributed by atoms with Gasteiger partial charge in [0.2, 0.25) is 0 Å². The van der Waals surface area contributed by atoms with Crippen molar-refractivity contribution in [2.45, 2.75) is 13.0 Å². The van der Waals surface area contributed by atoms with Crippen molar-refractivity contribution in [2.24, 2.45) is 4.99 Å². The molecule has 116 valence electrons. The van der Waals surface area contributed by atoms with E-state index < -0.39 is 0 Å². The number of aromatic nitrogens is 1. The first-order chi connectivity index (χ1) is 10.7. The molecule has 0 atom stereocenters. The number of guanidine groups is 1. The van der Waals surface area contributed by atoms with Crippen molar-refractivity contribution in [1.82, 2.24) is 15.2 Å². The quantitative estimate of drug-likeness (QED) is 0.657. The molecule has 0 saturated heterocycles. The largest absolute Gasteiger partial charge is 0.356 e. The maximum Gasteiger partial charge on any atom is 0.193 e. The first-order valence-electron chi connectivity index (χ1n) is 7.24. The van der Waals surface area contributed by atoms with E-state index in [9.17, 15) is 0 Å². The highest BCUT2D eigenvalue weighted by atomic mass is 79.9. The summed E-state index contributed by atoms with van der Waals surface area (Å²) in [5.74, 6) is 0.895. The second-order valence-corrected chi connectivity index (χ2v) is 5.98. The summed E-state index contributed by atoms with van der Waals surface area (Å²) in [6.07, 6.45) is 4.62. The highest BCUT2D eigenvalue weighted by molar-refractivity contribution is 9.10. The van der Waals surface area contributed by atoms with Gasteiger partial charge in [-0.15, -0.1) is 0 Å². The number of nitrogens with zero attached hydrogens (tertiary/aromatic N) is 3. The summed E-state index contributed by atoms with van der Waals surface area (Å²) in [6, 6.07) is 12.4. The van der Waals surface area contributed by atoms with E-state index in [2.05, 4.69) is 66.5 Å². The molecule has 0 aliphatic heterocycles. The summed E-state index contributed by atoms with van der Waals surface area (Å²) in [5.41, 5.74) is 2.47. The molecule has 0 fully saturated rings. The zero-order valence-electron chi connectivity index (χ0n) is 13.0. The molecule has 1 aromatic carbocycles. The molecular weight excluding hydrogens is 340 g/mol. The third-order valence-corrected chi connectivity index (χ3v) is 3.85. The SMILES string of the molecule is CN=C(NCCc1cccnc1)N(C)Cc1ccc(Br)cc1. The van der Waals surface area contributed by atoms with Gasteiger partial charge in [0.25, 0.3) is 0 Å². The van der Waals surface area contributed by atoms with Gasteiger partial charge in [-0.25, -0.2) is 0 Å². The predicted molar refractivity (Wildman–Crippen MR) is 94.9 cm³/mol. The number of aliphatic imine (C=N–C) groups is 1. The van der Waals surface area contributed by atoms with Gasteiger partial charge in [0.1, 0.15) is 0 Å². The van der Waals surface area contributed by atoms with E-state index in [0.29, 0.717) is 0 Å². The summed E-state index contributed by atoms with van der Waals surface area (Å²) < 4.78 is 1.10. The van der Waals surface area contributed by atoms with Crippen LogP contribution in [0, 0.1) is 0 Å². The number of halogens is 1. The van der Waals surface area contributed by atoms with Crippen molar-refractivity contribution in [3.63, 3.8) is 0 Å². The number of pyridine rings is 1. The zero-order valence-corrected chi connectivity index (χ0v) is 14.5. The van der Waals surface area contributed by atoms with Crippen molar-refractivity contribution in [1.29, 1.82) is 0 Å². The summed E-state index contributed by atoms with van der Waals surface area (Å²) in [5, 5.41) is 3.39. The number of hydrogen-bond acceptors (Lipinski definition) is 2. The Morgan fingerprint density at radius 2 is 2.00 bits per heavy atom. The van der Waals surface area contributed by atoms with Crippen LogP contribution in [0.5, 0.6) is 0 Å². The van der Waals surface area contributed by atoms with Crippen molar-refractivity contribution < 1.29 is 0 Å². The molecule has 1 heterocycles. The lowest BCUT2D eigenvalue weighted by molar-refractivity contribution is 0.477. The fourth-order valence-electron chi connectivity index (χ4n) is 2.19. The van der Waals surface area contributed by atoms with E-state index >= 15 is 0 Å². The molecule has 0 bridgehead atoms. The molecular formula is C17H21BrN4. The molecule has 1 aromatic heterocycles. The first kappa shape index (κ1) is 16.5. The number of hydrogen-bond donors (Lipinski definition) is 1. The Kier molecular flexibility index (Phi) is 6.40. The normalized spacial score (nSPS) is 11.3. The van der Waals surface area contributed by atoms with E-state index in [4.69, 9.17) is 0 Å². The Balaban J connectivity index is 1.84. The Labute approximate surface area is 140 Å². The molecule has 0 amide bonds. The Morgan fingerprint density at radius 3 is 2.64 bits per heavy atom. The van der Waals surface area contributed by atoms with Gasteiger partial charge in [-0.05, 0) is 35.7 Å². The minimum absolute atomic E-state index is 0.819. The fourth-order valence-corrected chi connectivity index (χ4v) is 2.45. The average Bonchev–Trinajstić information content (AvgIpc) is 2.54. The highest BCUT2D eigenvalue weighted by Crippen LogP contribution is 2.11. The Morgan fingerprint density at radius 1 is 1.23 bits per heavy atom. The summed E-state index contributed by atoms with van der Waals surface area (Å²) in [6.45, 7) is 1.66. The molecule has 0 spiro atoms. The van der Waals surface area contributed by atoms with Crippen LogP contribution in [0.15, 0.2) is 58.3 Å². The van der Waals surface area contributed by atoms with Crippen molar-refractivity contribution in [2.75, 3.05) is 20.6 Å². The minimum atomic E-state index is 0.819. The second kappa shape index (κ2) is 8.54. The van der Waals surface area contributed by atoms with Gasteiger partial charge in [0.15, 0.2) is 5.96 Å². The molecule has 2 aromatic rings. The molecule has 22 heavy (non-hydrogen) atoms. The summed E-state index contributed by atoms with van der Waals surface area (Å²) in [4.78, 5) is 10.6. The first-order valence-corrected chi connectivity index (χ1v) is 8.03. The lowest BCUT2D eigenvalue weighted by Gasteiger charge is -2.22. The molecule has 2 rings (SSSR count). The Bertz CT molecular complexity index is 596. The fraction of sp³-hybridized carbons (Fsp3) is 0.294. The van der Waals surface area contributed by atoms with Gasteiger partial charge in [-0.2, -0.15) is 0 Å². The number of rotatable bonds is 5. The standard InChI is InChI=1S/C17H21BrN4/c1-19-17(21-11-9-14-4-3-10-20-12-14)22(2)13-15-5-7-16(18)8-6-15/h3-8,10,12H,9,11,13H2,1-2H3,(H,19,21). The van der Waals surface area contributed by atoms with Crippen LogP contribution in [-0.4, -0.2) is 36.5 Å². The van der Waals surface area contributed by atoms with Gasteiger partial charge < -0.3 is 10.2 Å². The van der Waals surface area contributed by atoms with E-state index in [0.717, 1.165) is 29.9 Å². The lowest BCUT2D eigenvalue weighted by Crippen LogP contribution is -2.39. The van der Waals surface area contributed by atoms with Crippen LogP contribution in [-0.2, 0) is 13.0 Å². The van der Waals surface area contributed by atoms with E-state index in [1.165, 1.54) is 11.1 Å². The van der Waals surface area contributed by atoms with Crippen molar-refractivity contribution in [3.8, 4) is 0 Å². The Hall–Kier alpha value is -1.88. The van der Waals surface area contributed by atoms with E-state index in [1.54, 1.807) is 6.20 Å². The third-order valence-electron chi connectivity index (χ3n) is 3.33. The van der Waals surface area contributed by atoms with Gasteiger partial charge in [-0.1, -0.05) is 34.1 Å². The summed E-state index contributed by atoms with van der Waals surface area (Å²) >= 11 is 3.46. The van der Waals surface area contributed by atoms with Crippen LogP contribution in [0.4, 0.5) is 0 Å². The van der Waals surface area contributed by atoms with Crippen molar-refractivity contribution in [3.05, 3.63) is 64.4 Å². The molecule has 0 aliphatic rings. The highest BCUT2D eigenvalue weighted by Gasteiger charge is 2.06. The van der Waals surface area contributed by atoms with E-state index in [-0.39, 0.29) is 0 Å². The van der Waals surface area contributed by atoms with Gasteiger partial charge in [0, 0.05) is 44.1 Å². The van der Waals surface area contributed by atoms with Crippen LogP contribution in [0.1, 0.15) is 11.1 Å². The van der Waals surface area contributed by atoms with Gasteiger partial charge >= 0.3 is 0 Å². The minimum Gasteiger partial charge on any atom is -0.356 e. The predicted octanol–water partition coefficient (Wildman–Crippen LogP) is 3.09. The van der Waals surface area contributed by atoms with Crippen LogP contribution >= 0.6 is 15.9 Å². The number of benzene rings is 1. The van der Waals surface area contributed by atoms with Crippen LogP contribution < -0.4 is 5.32 Å². The molecule has 1 N–H and O–H groups in total. The topological polar surface area (TPSA) is 40.5 Å². The van der Waals surface area contributed by atoms with Crippen LogP contribution in [0.2, 0.25) is 0 Å². The molecule has 0 aliphatic carbocycles. The number of nitrogens with one attached hydrogen (secondary N) is 1. The van der Waals surface area contributed by atoms with E-state index in [1.807, 2.05) is 26.4 Å². The second-order valence-electron chi connectivity index (χ2n) is 5.07. The van der Waals surface area contributed by atoms with Crippen molar-refractivity contribution >= 4 is 21.9 Å². The zero-order chi connectivity index (χ0) is 15.8. The summed E-state index contributed by atoms with van der Waals surface area (Å²) in [7, 11) is 3.85. The molecule has 5 heteroatoms. The molecule has 0 saturated carbocycles. The molecule has 4 nitrogen and oxygen atoms in total. The maximum atomic E-state index is 4.34. The molecule has 0 unspecified atom stereocenters. The maximum absolute atomic E-state index is 4.34.